The smallest absolute Gasteiger partial charge is 0.235 e. The number of carbonyl (C=O) groups is 1. The van der Waals surface area contributed by atoms with Gasteiger partial charge < -0.3 is 19.5 Å². The van der Waals surface area contributed by atoms with E-state index in [1.165, 1.54) is 6.07 Å². The van der Waals surface area contributed by atoms with E-state index in [2.05, 4.69) is 15.9 Å². The Hall–Kier alpha value is -2.73. The van der Waals surface area contributed by atoms with Gasteiger partial charge in [0, 0.05) is 46.3 Å². The van der Waals surface area contributed by atoms with Crippen LogP contribution in [-0.4, -0.2) is 20.6 Å². The lowest BCUT2D eigenvalue weighted by Gasteiger charge is -2.00. The van der Waals surface area contributed by atoms with Gasteiger partial charge in [0.1, 0.15) is 22.8 Å². The molecule has 1 aromatic heterocycles. The van der Waals surface area contributed by atoms with Gasteiger partial charge in [-0.05, 0) is 24.3 Å². The molecule has 0 amide bonds. The first-order valence-electron chi connectivity index (χ1n) is 7.19. The molecule has 24 heavy (non-hydrogen) atoms. The number of ether oxygens (including phenoxy) is 1. The van der Waals surface area contributed by atoms with E-state index in [0.29, 0.717) is 0 Å². The SMILES string of the molecule is Cn1cc(C=C2Oc3cc(O)cc(O)c3C2=O)c2cc(Br)ccc21. The number of benzene rings is 2. The molecular formula is C18H12BrNO4. The maximum atomic E-state index is 12.5. The maximum Gasteiger partial charge on any atom is 0.235 e. The van der Waals surface area contributed by atoms with Crippen molar-refractivity contribution < 1.29 is 19.7 Å². The molecule has 3 aromatic rings. The van der Waals surface area contributed by atoms with Crippen LogP contribution < -0.4 is 4.74 Å². The van der Waals surface area contributed by atoms with Crippen LogP contribution in [0.15, 0.2) is 46.8 Å². The van der Waals surface area contributed by atoms with Crippen LogP contribution >= 0.6 is 15.9 Å². The largest absolute Gasteiger partial charge is 0.508 e. The van der Waals surface area contributed by atoms with Crippen LogP contribution in [0.5, 0.6) is 17.2 Å². The van der Waals surface area contributed by atoms with Gasteiger partial charge in [0.15, 0.2) is 5.76 Å². The first-order valence-corrected chi connectivity index (χ1v) is 7.98. The number of phenols is 2. The normalized spacial score (nSPS) is 15.1. The summed E-state index contributed by atoms with van der Waals surface area (Å²) in [4.78, 5) is 12.5. The summed E-state index contributed by atoms with van der Waals surface area (Å²) in [6.45, 7) is 0. The Kier molecular flexibility index (Phi) is 3.18. The minimum absolute atomic E-state index is 0.0699. The number of hydrogen-bond acceptors (Lipinski definition) is 4. The molecule has 2 heterocycles. The number of phenolic OH excluding ortho intramolecular Hbond substituents is 2. The van der Waals surface area contributed by atoms with E-state index in [-0.39, 0.29) is 28.6 Å². The molecule has 0 saturated heterocycles. The van der Waals surface area contributed by atoms with Crippen molar-refractivity contribution in [2.45, 2.75) is 0 Å². The van der Waals surface area contributed by atoms with Crippen molar-refractivity contribution in [1.29, 1.82) is 0 Å². The van der Waals surface area contributed by atoms with E-state index in [1.54, 1.807) is 6.08 Å². The Bertz CT molecular complexity index is 1050. The van der Waals surface area contributed by atoms with E-state index in [1.807, 2.05) is 36.0 Å². The number of rotatable bonds is 1. The number of carbonyl (C=O) groups excluding carboxylic acids is 1. The Morgan fingerprint density at radius 2 is 2.00 bits per heavy atom. The van der Waals surface area contributed by atoms with Crippen LogP contribution in [0.4, 0.5) is 0 Å². The lowest BCUT2D eigenvalue weighted by molar-refractivity contribution is 0.101. The molecule has 1 aliphatic rings. The molecule has 0 atom stereocenters. The van der Waals surface area contributed by atoms with Gasteiger partial charge >= 0.3 is 0 Å². The van der Waals surface area contributed by atoms with Crippen molar-refractivity contribution in [1.82, 2.24) is 4.57 Å². The second-order valence-electron chi connectivity index (χ2n) is 5.63. The molecule has 0 radical (unpaired) electrons. The van der Waals surface area contributed by atoms with Gasteiger partial charge in [-0.25, -0.2) is 0 Å². The van der Waals surface area contributed by atoms with Crippen LogP contribution in [0.2, 0.25) is 0 Å². The molecular weight excluding hydrogens is 374 g/mol. The number of halogens is 1. The molecule has 0 unspecified atom stereocenters. The number of nitrogens with zero attached hydrogens (tertiary/aromatic N) is 1. The van der Waals surface area contributed by atoms with Crippen LogP contribution in [-0.2, 0) is 7.05 Å². The third-order valence-electron chi connectivity index (χ3n) is 4.01. The minimum atomic E-state index is -0.408. The van der Waals surface area contributed by atoms with Gasteiger partial charge in [0.25, 0.3) is 0 Å². The first-order chi connectivity index (χ1) is 11.4. The number of aryl methyl sites for hydroxylation is 1. The predicted molar refractivity (Wildman–Crippen MR) is 93.3 cm³/mol. The number of ketones is 1. The van der Waals surface area contributed by atoms with Crippen molar-refractivity contribution in [2.24, 2.45) is 7.05 Å². The Morgan fingerprint density at radius 3 is 2.79 bits per heavy atom. The summed E-state index contributed by atoms with van der Waals surface area (Å²) in [6.07, 6.45) is 3.55. The van der Waals surface area contributed by atoms with E-state index >= 15 is 0 Å². The standard InChI is InChI=1S/C18H12BrNO4/c1-20-8-9(12-5-10(19)2-3-13(12)20)4-16-18(23)17-14(22)6-11(21)7-15(17)24-16/h2-8,21-22H,1H3. The molecule has 0 saturated carbocycles. The van der Waals surface area contributed by atoms with Crippen LogP contribution in [0, 0.1) is 0 Å². The highest BCUT2D eigenvalue weighted by Gasteiger charge is 2.31. The van der Waals surface area contributed by atoms with E-state index in [9.17, 15) is 15.0 Å². The number of aromatic hydroxyl groups is 2. The summed E-state index contributed by atoms with van der Waals surface area (Å²) >= 11 is 3.45. The second-order valence-corrected chi connectivity index (χ2v) is 6.55. The molecule has 1 aliphatic heterocycles. The quantitative estimate of drug-likeness (QED) is 0.621. The molecule has 0 spiro atoms. The zero-order valence-electron chi connectivity index (χ0n) is 12.6. The van der Waals surface area contributed by atoms with Gasteiger partial charge in [0.2, 0.25) is 5.78 Å². The molecule has 0 bridgehead atoms. The first kappa shape index (κ1) is 14.8. The lowest BCUT2D eigenvalue weighted by atomic mass is 10.1. The number of aromatic nitrogens is 1. The molecule has 2 N–H and O–H groups in total. The van der Waals surface area contributed by atoms with Crippen LogP contribution in [0.25, 0.3) is 17.0 Å². The molecule has 4 rings (SSSR count). The Morgan fingerprint density at radius 1 is 1.21 bits per heavy atom. The van der Waals surface area contributed by atoms with Crippen molar-refractivity contribution in [2.75, 3.05) is 0 Å². The zero-order valence-corrected chi connectivity index (χ0v) is 14.2. The third-order valence-corrected chi connectivity index (χ3v) is 4.50. The summed E-state index contributed by atoms with van der Waals surface area (Å²) < 4.78 is 8.44. The molecule has 120 valence electrons. The molecule has 0 aliphatic carbocycles. The van der Waals surface area contributed by atoms with Crippen molar-refractivity contribution in [3.63, 3.8) is 0 Å². The highest BCUT2D eigenvalue weighted by atomic mass is 79.9. The van der Waals surface area contributed by atoms with Gasteiger partial charge in [-0.1, -0.05) is 15.9 Å². The van der Waals surface area contributed by atoms with Crippen LogP contribution in [0.1, 0.15) is 15.9 Å². The molecule has 0 fully saturated rings. The second kappa shape index (κ2) is 5.14. The number of allylic oxidation sites excluding steroid dienone is 1. The van der Waals surface area contributed by atoms with E-state index < -0.39 is 5.78 Å². The summed E-state index contributed by atoms with van der Waals surface area (Å²) in [6, 6.07) is 8.34. The highest BCUT2D eigenvalue weighted by Crippen LogP contribution is 2.41. The van der Waals surface area contributed by atoms with Crippen molar-refractivity contribution in [3.8, 4) is 17.2 Å². The van der Waals surface area contributed by atoms with E-state index in [4.69, 9.17) is 4.74 Å². The lowest BCUT2D eigenvalue weighted by Crippen LogP contribution is -1.98. The van der Waals surface area contributed by atoms with Crippen molar-refractivity contribution >= 4 is 38.7 Å². The molecule has 6 heteroatoms. The fourth-order valence-electron chi connectivity index (χ4n) is 2.93. The van der Waals surface area contributed by atoms with Gasteiger partial charge in [-0.3, -0.25) is 4.79 Å². The zero-order chi connectivity index (χ0) is 17.0. The highest BCUT2D eigenvalue weighted by molar-refractivity contribution is 9.10. The predicted octanol–water partition coefficient (Wildman–Crippen LogP) is 3.97. The number of hydrogen-bond donors (Lipinski definition) is 2. The molecule has 5 nitrogen and oxygen atoms in total. The van der Waals surface area contributed by atoms with Gasteiger partial charge in [-0.2, -0.15) is 0 Å². The van der Waals surface area contributed by atoms with Crippen molar-refractivity contribution in [3.05, 3.63) is 57.9 Å². The third kappa shape index (κ3) is 2.18. The summed E-state index contributed by atoms with van der Waals surface area (Å²) in [5, 5.41) is 20.4. The summed E-state index contributed by atoms with van der Waals surface area (Å²) in [7, 11) is 1.92. The summed E-state index contributed by atoms with van der Waals surface area (Å²) in [5.41, 5.74) is 1.92. The Labute approximate surface area is 145 Å². The van der Waals surface area contributed by atoms with E-state index in [0.717, 1.165) is 27.0 Å². The Balaban J connectivity index is 1.85. The molecule has 2 aromatic carbocycles. The number of fused-ring (bicyclic) bond motifs is 2. The summed E-state index contributed by atoms with van der Waals surface area (Å²) in [5.74, 6) is -0.591. The minimum Gasteiger partial charge on any atom is -0.508 e. The van der Waals surface area contributed by atoms with Crippen LogP contribution in [0.3, 0.4) is 0 Å². The average molecular weight is 386 g/mol. The average Bonchev–Trinajstić information content (AvgIpc) is 2.97. The topological polar surface area (TPSA) is 71.7 Å². The maximum absolute atomic E-state index is 12.5. The van der Waals surface area contributed by atoms with Gasteiger partial charge in [-0.15, -0.1) is 0 Å². The fourth-order valence-corrected chi connectivity index (χ4v) is 3.29. The monoisotopic (exact) mass is 385 g/mol. The van der Waals surface area contributed by atoms with Gasteiger partial charge in [0.05, 0.1) is 0 Å². The number of Topliss-reactive ketones (excluding diaryl/α,β-unsaturated/α-hetero) is 1. The fraction of sp³-hybridized carbons (Fsp3) is 0.0556.